The molecular weight excluding hydrogens is 290 g/mol. The second-order valence-corrected chi connectivity index (χ2v) is 5.91. The fraction of sp³-hybridized carbons (Fsp3) is 0.500. The van der Waals surface area contributed by atoms with E-state index >= 15 is 0 Å². The fourth-order valence-electron chi connectivity index (χ4n) is 1.52. The average molecular weight is 304 g/mol. The van der Waals surface area contributed by atoms with E-state index < -0.39 is 20.1 Å². The molecule has 0 bridgehead atoms. The number of aromatic amines is 1. The van der Waals surface area contributed by atoms with E-state index in [4.69, 9.17) is 9.79 Å². The van der Waals surface area contributed by atoms with E-state index in [-0.39, 0.29) is 19.4 Å². The molecule has 8 nitrogen and oxygen atoms in total. The fourth-order valence-corrected chi connectivity index (χ4v) is 1.86. The summed E-state index contributed by atoms with van der Waals surface area (Å²) in [5.74, 6) is 0.436. The van der Waals surface area contributed by atoms with E-state index in [0.29, 0.717) is 17.0 Å². The smallest absolute Gasteiger partial charge is 0.327 e. The van der Waals surface area contributed by atoms with E-state index in [2.05, 4.69) is 24.7 Å². The third-order valence-electron chi connectivity index (χ3n) is 2.50. The molecule has 20 heavy (non-hydrogen) atoms. The highest BCUT2D eigenvalue weighted by molar-refractivity contribution is 7.51. The Morgan fingerprint density at radius 1 is 1.45 bits per heavy atom. The molecule has 0 amide bonds. The summed E-state index contributed by atoms with van der Waals surface area (Å²) in [5, 5.41) is 0. The van der Waals surface area contributed by atoms with Crippen molar-refractivity contribution in [3.8, 4) is 0 Å². The number of ether oxygens (including phenoxy) is 1. The van der Waals surface area contributed by atoms with Gasteiger partial charge in [0.1, 0.15) is 11.3 Å². The van der Waals surface area contributed by atoms with Crippen molar-refractivity contribution in [1.29, 1.82) is 0 Å². The first kappa shape index (κ1) is 15.0. The third-order valence-corrected chi connectivity index (χ3v) is 3.27. The molecule has 2 rings (SSSR count). The Morgan fingerprint density at radius 3 is 3.00 bits per heavy atom. The molecule has 2 heterocycles. The minimum Gasteiger partial charge on any atom is -0.347 e. The third kappa shape index (κ3) is 4.61. The van der Waals surface area contributed by atoms with Gasteiger partial charge >= 0.3 is 7.60 Å². The molecule has 0 aliphatic carbocycles. The maximum absolute atomic E-state index is 13.4. The molecule has 0 aromatic carbocycles. The van der Waals surface area contributed by atoms with Gasteiger partial charge in [0.15, 0.2) is 12.0 Å². The number of H-pyrrole nitrogens is 1. The summed E-state index contributed by atoms with van der Waals surface area (Å²) in [6, 6.07) is 0. The highest BCUT2D eigenvalue weighted by atomic mass is 31.2. The van der Waals surface area contributed by atoms with E-state index in [1.807, 2.05) is 0 Å². The van der Waals surface area contributed by atoms with Crippen molar-refractivity contribution in [3.63, 3.8) is 0 Å². The zero-order valence-electron chi connectivity index (χ0n) is 10.4. The lowest BCUT2D eigenvalue weighted by Crippen LogP contribution is -2.12. The summed E-state index contributed by atoms with van der Waals surface area (Å²) in [4.78, 5) is 32.2. The Balaban J connectivity index is 1.77. The lowest BCUT2D eigenvalue weighted by Gasteiger charge is -2.09. The van der Waals surface area contributed by atoms with E-state index in [9.17, 15) is 8.96 Å². The van der Waals surface area contributed by atoms with Crippen LogP contribution >= 0.6 is 7.60 Å². The Labute approximate surface area is 113 Å². The van der Waals surface area contributed by atoms with Gasteiger partial charge in [0, 0.05) is 12.8 Å². The summed E-state index contributed by atoms with van der Waals surface area (Å²) < 4.78 is 28.6. The lowest BCUT2D eigenvalue weighted by molar-refractivity contribution is -0.0370. The van der Waals surface area contributed by atoms with Crippen LogP contribution in [0.15, 0.2) is 12.5 Å². The summed E-state index contributed by atoms with van der Waals surface area (Å²) in [6.07, 6.45) is 1.21. The second kappa shape index (κ2) is 6.36. The topological polar surface area (TPSA) is 121 Å². The second-order valence-electron chi connectivity index (χ2n) is 4.13. The molecule has 0 aliphatic heterocycles. The minimum absolute atomic E-state index is 0.0110. The van der Waals surface area contributed by atoms with Crippen molar-refractivity contribution in [2.75, 3.05) is 12.8 Å². The van der Waals surface area contributed by atoms with Crippen LogP contribution in [0.25, 0.3) is 11.2 Å². The first-order chi connectivity index (χ1) is 9.44. The van der Waals surface area contributed by atoms with Crippen LogP contribution in [0.3, 0.4) is 0 Å². The molecule has 0 spiro atoms. The van der Waals surface area contributed by atoms with Crippen LogP contribution in [0.4, 0.5) is 4.39 Å². The molecule has 0 saturated heterocycles. The number of rotatable bonds is 7. The van der Waals surface area contributed by atoms with Crippen molar-refractivity contribution in [2.24, 2.45) is 0 Å². The van der Waals surface area contributed by atoms with Gasteiger partial charge < -0.3 is 19.5 Å². The lowest BCUT2D eigenvalue weighted by atomic mass is 10.3. The summed E-state index contributed by atoms with van der Waals surface area (Å²) in [5.41, 5.74) is 1.20. The zero-order valence-corrected chi connectivity index (χ0v) is 11.3. The Kier molecular flexibility index (Phi) is 4.77. The van der Waals surface area contributed by atoms with Gasteiger partial charge in [-0.25, -0.2) is 19.3 Å². The van der Waals surface area contributed by atoms with Crippen LogP contribution < -0.4 is 0 Å². The molecular formula is C10H14FN4O4P. The normalized spacial score (nSPS) is 13.8. The Hall–Kier alpha value is -1.41. The van der Waals surface area contributed by atoms with Gasteiger partial charge in [0.05, 0.1) is 25.3 Å². The molecule has 0 saturated carbocycles. The molecule has 2 aromatic heterocycles. The van der Waals surface area contributed by atoms with Gasteiger partial charge in [-0.3, -0.25) is 4.57 Å². The molecule has 10 heteroatoms. The van der Waals surface area contributed by atoms with Gasteiger partial charge in [0.2, 0.25) is 0 Å². The van der Waals surface area contributed by atoms with Gasteiger partial charge in [0.25, 0.3) is 0 Å². The first-order valence-electron chi connectivity index (χ1n) is 5.89. The number of aromatic nitrogens is 4. The van der Waals surface area contributed by atoms with Crippen LogP contribution in [-0.2, 0) is 15.7 Å². The van der Waals surface area contributed by atoms with Gasteiger partial charge in [-0.05, 0) is 0 Å². The maximum Gasteiger partial charge on any atom is 0.327 e. The molecule has 2 aromatic rings. The van der Waals surface area contributed by atoms with Gasteiger partial charge in [-0.15, -0.1) is 0 Å². The highest BCUT2D eigenvalue weighted by Crippen LogP contribution is 2.33. The van der Waals surface area contributed by atoms with Crippen molar-refractivity contribution in [2.45, 2.75) is 19.2 Å². The van der Waals surface area contributed by atoms with E-state index in [0.717, 1.165) is 0 Å². The number of halogens is 1. The van der Waals surface area contributed by atoms with Crippen LogP contribution in [0.5, 0.6) is 0 Å². The Morgan fingerprint density at radius 2 is 2.25 bits per heavy atom. The predicted octanol–water partition coefficient (Wildman–Crippen LogP) is 0.775. The van der Waals surface area contributed by atoms with Gasteiger partial charge in [-0.1, -0.05) is 0 Å². The predicted molar refractivity (Wildman–Crippen MR) is 67.8 cm³/mol. The monoisotopic (exact) mass is 304 g/mol. The molecule has 1 atom stereocenters. The number of imidazole rings is 1. The highest BCUT2D eigenvalue weighted by Gasteiger charge is 2.15. The molecule has 3 N–H and O–H groups in total. The standard InChI is InChI=1S/C10H14FN4O4P/c11-8(19-3-4-20(16,17)18)1-2-9-12-5-7-10(15-9)14-6-13-7/h5-6,8H,1-4H2,(H2,16,17,18)(H,12,13,14,15). The number of hydrogen-bond donors (Lipinski definition) is 3. The quantitative estimate of drug-likeness (QED) is 0.646. The maximum atomic E-state index is 13.4. The van der Waals surface area contributed by atoms with Crippen molar-refractivity contribution < 1.29 is 23.5 Å². The van der Waals surface area contributed by atoms with E-state index in [1.165, 1.54) is 6.33 Å². The first-order valence-corrected chi connectivity index (χ1v) is 7.69. The minimum atomic E-state index is -4.15. The number of nitrogens with zero attached hydrogens (tertiary/aromatic N) is 3. The van der Waals surface area contributed by atoms with Crippen molar-refractivity contribution >= 4 is 18.8 Å². The van der Waals surface area contributed by atoms with Crippen molar-refractivity contribution in [1.82, 2.24) is 19.9 Å². The average Bonchev–Trinajstić information content (AvgIpc) is 2.82. The Bertz CT molecular complexity index is 616. The van der Waals surface area contributed by atoms with Crippen LogP contribution in [-0.4, -0.2) is 48.8 Å². The summed E-state index contributed by atoms with van der Waals surface area (Å²) in [7, 11) is -4.15. The van der Waals surface area contributed by atoms with Gasteiger partial charge in [-0.2, -0.15) is 0 Å². The molecule has 0 radical (unpaired) electrons. The number of aryl methyl sites for hydroxylation is 1. The van der Waals surface area contributed by atoms with Crippen LogP contribution in [0, 0.1) is 0 Å². The molecule has 110 valence electrons. The summed E-state index contributed by atoms with van der Waals surface area (Å²) >= 11 is 0. The summed E-state index contributed by atoms with van der Waals surface area (Å²) in [6.45, 7) is -0.329. The SMILES string of the molecule is O=P(O)(O)CCOC(F)CCc1ncc2[nH]cnc2n1. The number of nitrogens with one attached hydrogen (secondary N) is 1. The van der Waals surface area contributed by atoms with Crippen LogP contribution in [0.2, 0.25) is 0 Å². The number of fused-ring (bicyclic) bond motifs is 1. The van der Waals surface area contributed by atoms with Crippen LogP contribution in [0.1, 0.15) is 12.2 Å². The largest absolute Gasteiger partial charge is 0.347 e. The zero-order chi connectivity index (χ0) is 14.6. The molecule has 0 fully saturated rings. The van der Waals surface area contributed by atoms with Crippen molar-refractivity contribution in [3.05, 3.63) is 18.3 Å². The molecule has 1 unspecified atom stereocenters. The number of alkyl halides is 1. The van der Waals surface area contributed by atoms with E-state index in [1.54, 1.807) is 6.20 Å². The molecule has 0 aliphatic rings. The number of hydrogen-bond acceptors (Lipinski definition) is 5.